The highest BCUT2D eigenvalue weighted by Crippen LogP contribution is 2.34. The van der Waals surface area contributed by atoms with E-state index >= 15 is 0 Å². The molecule has 0 fully saturated rings. The van der Waals surface area contributed by atoms with Crippen LogP contribution in [0.1, 0.15) is 10.4 Å². The van der Waals surface area contributed by atoms with Gasteiger partial charge in [-0.1, -0.05) is 12.1 Å². The molecule has 1 aromatic heterocycles. The highest BCUT2D eigenvalue weighted by molar-refractivity contribution is 7.79. The zero-order valence-corrected chi connectivity index (χ0v) is 14.2. The van der Waals surface area contributed by atoms with E-state index in [2.05, 4.69) is 15.0 Å². The number of hydrogen-bond donors (Lipinski definition) is 3. The van der Waals surface area contributed by atoms with Crippen LogP contribution in [0.25, 0.3) is 10.9 Å². The van der Waals surface area contributed by atoms with Crippen LogP contribution in [0, 0.1) is 0 Å². The Morgan fingerprint density at radius 2 is 1.96 bits per heavy atom. The van der Waals surface area contributed by atoms with Crippen molar-refractivity contribution in [3.05, 3.63) is 54.2 Å². The lowest BCUT2D eigenvalue weighted by molar-refractivity contribution is -0.0497. The average molecular weight is 394 g/mol. The smallest absolute Gasteiger partial charge is 0.387 e. The molecule has 27 heavy (non-hydrogen) atoms. The van der Waals surface area contributed by atoms with Crippen LogP contribution in [0.4, 0.5) is 20.2 Å². The van der Waals surface area contributed by atoms with E-state index in [1.54, 1.807) is 6.07 Å². The van der Waals surface area contributed by atoms with Gasteiger partial charge in [-0.05, 0) is 30.3 Å². The van der Waals surface area contributed by atoms with Crippen molar-refractivity contribution in [2.75, 3.05) is 5.32 Å². The van der Waals surface area contributed by atoms with Crippen molar-refractivity contribution in [2.24, 2.45) is 0 Å². The maximum absolute atomic E-state index is 12.5. The number of nitrogens with one attached hydrogen (secondary N) is 1. The quantitative estimate of drug-likeness (QED) is 0.545. The number of rotatable bonds is 6. The minimum atomic E-state index is -3.05. The number of ether oxygens (including phenoxy) is 1. The van der Waals surface area contributed by atoms with Crippen LogP contribution in [0.3, 0.4) is 0 Å². The van der Waals surface area contributed by atoms with Crippen molar-refractivity contribution in [1.82, 2.24) is 4.98 Å². The summed E-state index contributed by atoms with van der Waals surface area (Å²) in [5, 5.41) is 12.3. The number of nitrogens with zero attached hydrogens (tertiary/aromatic N) is 1. The molecule has 140 valence electrons. The SMILES string of the molecule is O=C(O)c1ccccc1Nc1c(S(=O)O)cnc2ccc(OC(F)F)cc12. The van der Waals surface area contributed by atoms with Crippen molar-refractivity contribution in [3.63, 3.8) is 0 Å². The lowest BCUT2D eigenvalue weighted by Gasteiger charge is -2.15. The number of aromatic carboxylic acids is 1. The minimum absolute atomic E-state index is 0.0641. The number of benzene rings is 2. The number of carbonyl (C=O) groups is 1. The number of carboxylic acid groups (broad SMARTS) is 1. The van der Waals surface area contributed by atoms with Gasteiger partial charge >= 0.3 is 12.6 Å². The lowest BCUT2D eigenvalue weighted by Crippen LogP contribution is -2.06. The molecule has 2 aromatic carbocycles. The Bertz CT molecular complexity index is 1050. The first kappa shape index (κ1) is 18.7. The summed E-state index contributed by atoms with van der Waals surface area (Å²) in [6.07, 6.45) is 1.15. The van der Waals surface area contributed by atoms with Crippen molar-refractivity contribution < 1.29 is 32.2 Å². The van der Waals surface area contributed by atoms with Gasteiger partial charge in [0.15, 0.2) is 11.1 Å². The van der Waals surface area contributed by atoms with Gasteiger partial charge in [-0.3, -0.25) is 4.98 Å². The summed E-state index contributed by atoms with van der Waals surface area (Å²) in [6, 6.07) is 9.86. The number of alkyl halides is 2. The molecule has 0 saturated heterocycles. The molecule has 0 aliphatic heterocycles. The molecule has 0 bridgehead atoms. The molecule has 0 saturated carbocycles. The van der Waals surface area contributed by atoms with Crippen LogP contribution in [-0.2, 0) is 11.1 Å². The second-order valence-corrected chi connectivity index (χ2v) is 6.22. The number of para-hydroxylation sites is 1. The summed E-state index contributed by atoms with van der Waals surface area (Å²) in [7, 11) is 0. The molecule has 1 unspecified atom stereocenters. The van der Waals surface area contributed by atoms with Gasteiger partial charge in [0.25, 0.3) is 0 Å². The van der Waals surface area contributed by atoms with Gasteiger partial charge in [0.1, 0.15) is 10.6 Å². The monoisotopic (exact) mass is 394 g/mol. The van der Waals surface area contributed by atoms with Crippen molar-refractivity contribution in [3.8, 4) is 5.75 Å². The predicted octanol–water partition coefficient (Wildman–Crippen LogP) is 3.86. The Morgan fingerprint density at radius 3 is 2.63 bits per heavy atom. The molecule has 0 radical (unpaired) electrons. The molecule has 3 rings (SSSR count). The third kappa shape index (κ3) is 4.01. The molecule has 3 N–H and O–H groups in total. The number of hydrogen-bond acceptors (Lipinski definition) is 5. The summed E-state index contributed by atoms with van der Waals surface area (Å²) in [5.41, 5.74) is 0.483. The summed E-state index contributed by atoms with van der Waals surface area (Å²) >= 11 is -2.47. The lowest BCUT2D eigenvalue weighted by atomic mass is 10.1. The number of pyridine rings is 1. The third-order valence-electron chi connectivity index (χ3n) is 3.64. The number of carboxylic acids is 1. The van der Waals surface area contributed by atoms with E-state index in [-0.39, 0.29) is 33.0 Å². The van der Waals surface area contributed by atoms with Crippen LogP contribution in [0.5, 0.6) is 5.75 Å². The third-order valence-corrected chi connectivity index (χ3v) is 4.32. The predicted molar refractivity (Wildman–Crippen MR) is 94.1 cm³/mol. The normalized spacial score (nSPS) is 12.1. The maximum Gasteiger partial charge on any atom is 0.387 e. The Hall–Kier alpha value is -3.11. The van der Waals surface area contributed by atoms with Gasteiger partial charge in [0.05, 0.1) is 22.5 Å². The van der Waals surface area contributed by atoms with E-state index in [4.69, 9.17) is 0 Å². The molecule has 10 heteroatoms. The molecule has 0 amide bonds. The molecule has 1 atom stereocenters. The van der Waals surface area contributed by atoms with E-state index < -0.39 is 23.7 Å². The van der Waals surface area contributed by atoms with E-state index in [0.29, 0.717) is 5.52 Å². The van der Waals surface area contributed by atoms with Crippen molar-refractivity contribution in [2.45, 2.75) is 11.5 Å². The fraction of sp³-hybridized carbons (Fsp3) is 0.0588. The fourth-order valence-electron chi connectivity index (χ4n) is 2.50. The molecular formula is C17H12F2N2O5S. The Balaban J connectivity index is 2.20. The van der Waals surface area contributed by atoms with Crippen LogP contribution in [0.15, 0.2) is 53.6 Å². The summed E-state index contributed by atoms with van der Waals surface area (Å²) in [5.74, 6) is -1.38. The topological polar surface area (TPSA) is 109 Å². The molecule has 7 nitrogen and oxygen atoms in total. The minimum Gasteiger partial charge on any atom is -0.478 e. The van der Waals surface area contributed by atoms with Crippen LogP contribution >= 0.6 is 0 Å². The number of halogens is 2. The van der Waals surface area contributed by atoms with Gasteiger partial charge in [-0.15, -0.1) is 0 Å². The Labute approximate surface area is 153 Å². The van der Waals surface area contributed by atoms with Crippen LogP contribution in [0.2, 0.25) is 0 Å². The zero-order valence-electron chi connectivity index (χ0n) is 13.4. The summed E-state index contributed by atoms with van der Waals surface area (Å²) in [4.78, 5) is 15.3. The Kier molecular flexibility index (Phi) is 5.28. The molecule has 0 aliphatic carbocycles. The van der Waals surface area contributed by atoms with E-state index in [1.807, 2.05) is 0 Å². The van der Waals surface area contributed by atoms with Gasteiger partial charge in [-0.2, -0.15) is 8.78 Å². The van der Waals surface area contributed by atoms with Gasteiger partial charge in [0.2, 0.25) is 0 Å². The van der Waals surface area contributed by atoms with Gasteiger partial charge in [0, 0.05) is 11.6 Å². The molecule has 0 aliphatic rings. The van der Waals surface area contributed by atoms with E-state index in [9.17, 15) is 27.4 Å². The second kappa shape index (κ2) is 7.64. The highest BCUT2D eigenvalue weighted by atomic mass is 32.2. The first-order valence-electron chi connectivity index (χ1n) is 7.44. The van der Waals surface area contributed by atoms with E-state index in [0.717, 1.165) is 6.20 Å². The first-order chi connectivity index (χ1) is 12.9. The standard InChI is InChI=1S/C17H12F2N2O5S/c18-17(19)26-9-5-6-12-11(7-9)15(14(8-20-12)27(24)25)21-13-4-2-1-3-10(13)16(22)23/h1-8,17H,(H,20,21)(H,22,23)(H,24,25). The van der Waals surface area contributed by atoms with Crippen LogP contribution in [-0.4, -0.2) is 31.4 Å². The number of aromatic nitrogens is 1. The van der Waals surface area contributed by atoms with Gasteiger partial charge in [-0.25, -0.2) is 9.00 Å². The van der Waals surface area contributed by atoms with E-state index in [1.165, 1.54) is 36.4 Å². The van der Waals surface area contributed by atoms with Gasteiger partial charge < -0.3 is 19.7 Å². The van der Waals surface area contributed by atoms with Crippen LogP contribution < -0.4 is 10.1 Å². The first-order valence-corrected chi connectivity index (χ1v) is 8.55. The van der Waals surface area contributed by atoms with Crippen molar-refractivity contribution in [1.29, 1.82) is 0 Å². The molecular weight excluding hydrogens is 382 g/mol. The number of anilines is 2. The van der Waals surface area contributed by atoms with Crippen molar-refractivity contribution >= 4 is 39.3 Å². The zero-order chi connectivity index (χ0) is 19.6. The second-order valence-electron chi connectivity index (χ2n) is 5.28. The molecule has 1 heterocycles. The summed E-state index contributed by atoms with van der Waals surface area (Å²) in [6.45, 7) is -3.05. The fourth-order valence-corrected chi connectivity index (χ4v) is 2.98. The largest absolute Gasteiger partial charge is 0.478 e. The average Bonchev–Trinajstić information content (AvgIpc) is 2.61. The maximum atomic E-state index is 12.5. The Morgan fingerprint density at radius 1 is 1.22 bits per heavy atom. The molecule has 0 spiro atoms. The highest BCUT2D eigenvalue weighted by Gasteiger charge is 2.18. The number of fused-ring (bicyclic) bond motifs is 1. The molecule has 3 aromatic rings. The summed E-state index contributed by atoms with van der Waals surface area (Å²) < 4.78 is 50.6.